The van der Waals surface area contributed by atoms with E-state index in [1.165, 1.54) is 12.8 Å². The lowest BCUT2D eigenvalue weighted by Crippen LogP contribution is -2.27. The number of fused-ring (bicyclic) bond motifs is 1. The summed E-state index contributed by atoms with van der Waals surface area (Å²) in [6.07, 6.45) is 4.63. The number of aromatic hydroxyl groups is 1. The van der Waals surface area contributed by atoms with E-state index in [4.69, 9.17) is 4.74 Å². The summed E-state index contributed by atoms with van der Waals surface area (Å²) in [5, 5.41) is 13.6. The Morgan fingerprint density at radius 1 is 1.48 bits per heavy atom. The van der Waals surface area contributed by atoms with Crippen LogP contribution in [-0.2, 0) is 18.2 Å². The molecule has 5 heteroatoms. The second kappa shape index (κ2) is 5.68. The highest BCUT2D eigenvalue weighted by atomic mass is 16.5. The molecule has 1 aliphatic rings. The minimum absolute atomic E-state index is 0.277. The van der Waals surface area contributed by atoms with Crippen molar-refractivity contribution in [3.8, 4) is 5.75 Å². The maximum Gasteiger partial charge on any atom is 0.407 e. The maximum atomic E-state index is 11.5. The van der Waals surface area contributed by atoms with Crippen LogP contribution in [0.25, 0.3) is 10.9 Å². The van der Waals surface area contributed by atoms with Crippen molar-refractivity contribution in [1.82, 2.24) is 9.88 Å². The zero-order valence-electron chi connectivity index (χ0n) is 12.1. The largest absolute Gasteiger partial charge is 0.507 e. The number of alkyl carbamates (subject to hydrolysis) is 1. The van der Waals surface area contributed by atoms with Gasteiger partial charge < -0.3 is 19.7 Å². The van der Waals surface area contributed by atoms with E-state index in [2.05, 4.69) is 5.32 Å². The highest BCUT2D eigenvalue weighted by Crippen LogP contribution is 2.29. The summed E-state index contributed by atoms with van der Waals surface area (Å²) in [6, 6.07) is 5.48. The number of hydrogen-bond donors (Lipinski definition) is 2. The van der Waals surface area contributed by atoms with Gasteiger partial charge in [-0.2, -0.15) is 0 Å². The van der Waals surface area contributed by atoms with Gasteiger partial charge in [0.05, 0.1) is 12.1 Å². The molecule has 0 bridgehead atoms. The molecule has 5 nitrogen and oxygen atoms in total. The second-order valence-corrected chi connectivity index (χ2v) is 5.66. The fourth-order valence-corrected chi connectivity index (χ4v) is 2.54. The smallest absolute Gasteiger partial charge is 0.407 e. The number of ether oxygens (including phenoxy) is 1. The predicted molar refractivity (Wildman–Crippen MR) is 80.4 cm³/mol. The third-order valence-corrected chi connectivity index (χ3v) is 3.88. The molecule has 2 N–H and O–H groups in total. The van der Waals surface area contributed by atoms with Crippen molar-refractivity contribution in [3.05, 3.63) is 30.0 Å². The van der Waals surface area contributed by atoms with Gasteiger partial charge in [-0.3, -0.25) is 0 Å². The molecular formula is C16H20N2O3. The van der Waals surface area contributed by atoms with Crippen molar-refractivity contribution >= 4 is 17.0 Å². The van der Waals surface area contributed by atoms with E-state index in [-0.39, 0.29) is 11.8 Å². The van der Waals surface area contributed by atoms with Gasteiger partial charge in [0.2, 0.25) is 0 Å². The summed E-state index contributed by atoms with van der Waals surface area (Å²) >= 11 is 0. The van der Waals surface area contributed by atoms with Crippen LogP contribution in [0.3, 0.4) is 0 Å². The zero-order valence-corrected chi connectivity index (χ0v) is 12.1. The maximum absolute atomic E-state index is 11.5. The van der Waals surface area contributed by atoms with Crippen LogP contribution in [0.2, 0.25) is 0 Å². The Balaban J connectivity index is 1.58. The average Bonchev–Trinajstić information content (AvgIpc) is 3.23. The standard InChI is InChI=1S/C16H20N2O3/c1-18-9-12(15-13(18)3-2-4-14(15)19)7-8-17-16(20)21-10-11-5-6-11/h2-4,9,11,19H,5-8,10H2,1H3,(H,17,20). The van der Waals surface area contributed by atoms with Gasteiger partial charge >= 0.3 is 6.09 Å². The Labute approximate surface area is 123 Å². The average molecular weight is 288 g/mol. The molecule has 0 spiro atoms. The molecule has 0 atom stereocenters. The number of nitrogens with one attached hydrogen (secondary N) is 1. The third-order valence-electron chi connectivity index (χ3n) is 3.88. The van der Waals surface area contributed by atoms with Crippen LogP contribution in [0.5, 0.6) is 5.75 Å². The first-order valence-electron chi connectivity index (χ1n) is 7.31. The Morgan fingerprint density at radius 3 is 3.05 bits per heavy atom. The predicted octanol–water partition coefficient (Wildman–Crippen LogP) is 2.56. The van der Waals surface area contributed by atoms with Crippen molar-refractivity contribution in [2.75, 3.05) is 13.2 Å². The number of aryl methyl sites for hydroxylation is 1. The molecule has 21 heavy (non-hydrogen) atoms. The molecule has 1 saturated carbocycles. The second-order valence-electron chi connectivity index (χ2n) is 5.66. The van der Waals surface area contributed by atoms with Crippen LogP contribution in [0.1, 0.15) is 18.4 Å². The van der Waals surface area contributed by atoms with E-state index in [1.54, 1.807) is 6.07 Å². The Bertz CT molecular complexity index is 659. The van der Waals surface area contributed by atoms with E-state index >= 15 is 0 Å². The number of carbonyl (C=O) groups excluding carboxylic acids is 1. The monoisotopic (exact) mass is 288 g/mol. The number of phenols is 1. The van der Waals surface area contributed by atoms with E-state index in [9.17, 15) is 9.90 Å². The van der Waals surface area contributed by atoms with E-state index in [0.717, 1.165) is 16.5 Å². The van der Waals surface area contributed by atoms with Crippen LogP contribution >= 0.6 is 0 Å². The lowest BCUT2D eigenvalue weighted by atomic mass is 10.1. The van der Waals surface area contributed by atoms with Gasteiger partial charge in [0, 0.05) is 25.2 Å². The molecule has 2 aromatic rings. The first-order chi connectivity index (χ1) is 10.1. The summed E-state index contributed by atoms with van der Waals surface area (Å²) in [5.41, 5.74) is 2.01. The normalized spacial score (nSPS) is 14.3. The van der Waals surface area contributed by atoms with Gasteiger partial charge in [-0.1, -0.05) is 6.07 Å². The number of hydrogen-bond acceptors (Lipinski definition) is 3. The molecule has 1 heterocycles. The number of benzene rings is 1. The molecule has 112 valence electrons. The molecule has 0 unspecified atom stereocenters. The number of aromatic nitrogens is 1. The van der Waals surface area contributed by atoms with E-state index < -0.39 is 0 Å². The quantitative estimate of drug-likeness (QED) is 0.888. The van der Waals surface area contributed by atoms with Crippen LogP contribution in [0, 0.1) is 5.92 Å². The van der Waals surface area contributed by atoms with E-state index in [0.29, 0.717) is 25.5 Å². The molecule has 0 saturated heterocycles. The summed E-state index contributed by atoms with van der Waals surface area (Å²) in [6.45, 7) is 1.03. The zero-order chi connectivity index (χ0) is 14.8. The molecule has 1 fully saturated rings. The fraction of sp³-hybridized carbons (Fsp3) is 0.438. The summed E-state index contributed by atoms with van der Waals surface area (Å²) < 4.78 is 7.10. The summed E-state index contributed by atoms with van der Waals surface area (Å²) in [5.74, 6) is 0.852. The van der Waals surface area contributed by atoms with Crippen LogP contribution < -0.4 is 5.32 Å². The van der Waals surface area contributed by atoms with Gasteiger partial charge in [0.25, 0.3) is 0 Å². The van der Waals surface area contributed by atoms with Gasteiger partial charge in [-0.15, -0.1) is 0 Å². The molecule has 0 radical (unpaired) electrons. The molecule has 1 aromatic carbocycles. The summed E-state index contributed by atoms with van der Waals surface area (Å²) in [4.78, 5) is 11.5. The molecule has 1 aliphatic carbocycles. The van der Waals surface area contributed by atoms with Crippen LogP contribution in [0.4, 0.5) is 4.79 Å². The molecular weight excluding hydrogens is 268 g/mol. The minimum Gasteiger partial charge on any atom is -0.507 e. The SMILES string of the molecule is Cn1cc(CCNC(=O)OCC2CC2)c2c(O)cccc21. The van der Waals surface area contributed by atoms with Crippen molar-refractivity contribution in [3.63, 3.8) is 0 Å². The molecule has 1 aromatic heterocycles. The minimum atomic E-state index is -0.355. The van der Waals surface area contributed by atoms with Gasteiger partial charge in [-0.05, 0) is 42.9 Å². The molecule has 3 rings (SSSR count). The molecule has 1 amide bonds. The summed E-state index contributed by atoms with van der Waals surface area (Å²) in [7, 11) is 1.95. The lowest BCUT2D eigenvalue weighted by molar-refractivity contribution is 0.141. The first-order valence-corrected chi connectivity index (χ1v) is 7.31. The number of nitrogens with zero attached hydrogens (tertiary/aromatic N) is 1. The van der Waals surface area contributed by atoms with E-state index in [1.807, 2.05) is 29.9 Å². The van der Waals surface area contributed by atoms with Crippen LogP contribution in [-0.4, -0.2) is 28.9 Å². The highest BCUT2D eigenvalue weighted by molar-refractivity contribution is 5.89. The number of rotatable bonds is 5. The van der Waals surface area contributed by atoms with Crippen molar-refractivity contribution in [2.45, 2.75) is 19.3 Å². The Kier molecular flexibility index (Phi) is 3.73. The fourth-order valence-electron chi connectivity index (χ4n) is 2.54. The number of phenolic OH excluding ortho intramolecular Hbond substituents is 1. The number of amides is 1. The lowest BCUT2D eigenvalue weighted by Gasteiger charge is -2.06. The van der Waals surface area contributed by atoms with Gasteiger partial charge in [0.1, 0.15) is 5.75 Å². The van der Waals surface area contributed by atoms with Gasteiger partial charge in [0.15, 0.2) is 0 Å². The van der Waals surface area contributed by atoms with Gasteiger partial charge in [-0.25, -0.2) is 4.79 Å². The van der Waals surface area contributed by atoms with Crippen molar-refractivity contribution in [1.29, 1.82) is 0 Å². The molecule has 0 aliphatic heterocycles. The van der Waals surface area contributed by atoms with Crippen molar-refractivity contribution in [2.24, 2.45) is 13.0 Å². The highest BCUT2D eigenvalue weighted by Gasteiger charge is 2.22. The van der Waals surface area contributed by atoms with Crippen molar-refractivity contribution < 1.29 is 14.6 Å². The number of carbonyl (C=O) groups is 1. The first kappa shape index (κ1) is 13.8. The third kappa shape index (κ3) is 3.12. The topological polar surface area (TPSA) is 63.5 Å². The Hall–Kier alpha value is -2.17. The van der Waals surface area contributed by atoms with Crippen LogP contribution in [0.15, 0.2) is 24.4 Å². The Morgan fingerprint density at radius 2 is 2.29 bits per heavy atom.